The maximum atomic E-state index is 12.8. The number of benzene rings is 1. The zero-order valence-corrected chi connectivity index (χ0v) is 15.5. The number of methoxy groups -OCH3 is 1. The first kappa shape index (κ1) is 18.6. The lowest BCUT2D eigenvalue weighted by molar-refractivity contribution is -0.132. The lowest BCUT2D eigenvalue weighted by Crippen LogP contribution is -2.34. The van der Waals surface area contributed by atoms with Gasteiger partial charge in [0.2, 0.25) is 5.91 Å². The Bertz CT molecular complexity index is 732. The van der Waals surface area contributed by atoms with Crippen molar-refractivity contribution in [1.29, 1.82) is 0 Å². The summed E-state index contributed by atoms with van der Waals surface area (Å²) in [4.78, 5) is 14.5. The fourth-order valence-electron chi connectivity index (χ4n) is 2.76. The highest BCUT2D eigenvalue weighted by Crippen LogP contribution is 2.38. The minimum Gasteiger partial charge on any atom is -0.489 e. The smallest absolute Gasteiger partial charge is 0.227 e. The van der Waals surface area contributed by atoms with Crippen LogP contribution in [0.3, 0.4) is 0 Å². The maximum Gasteiger partial charge on any atom is 0.227 e. The molecule has 1 aromatic heterocycles. The topological polar surface area (TPSA) is 61.1 Å². The van der Waals surface area contributed by atoms with Crippen molar-refractivity contribution in [2.75, 3.05) is 33.5 Å². The van der Waals surface area contributed by atoms with E-state index in [1.54, 1.807) is 30.4 Å². The number of fused-ring (bicyclic) bond motifs is 1. The molecule has 1 aliphatic heterocycles. The van der Waals surface area contributed by atoms with Crippen molar-refractivity contribution in [2.45, 2.75) is 19.4 Å². The second kappa shape index (κ2) is 8.96. The number of hydrogen-bond donors (Lipinski definition) is 0. The third kappa shape index (κ3) is 4.71. The molecule has 1 amide bonds. The Labute approximate surface area is 157 Å². The molecular weight excluding hydrogens is 358 g/mol. The molecular formula is C19H22ClNO5. The van der Waals surface area contributed by atoms with Crippen molar-refractivity contribution in [2.24, 2.45) is 0 Å². The second-order valence-electron chi connectivity index (χ2n) is 6.02. The predicted octanol–water partition coefficient (Wildman–Crippen LogP) is 3.31. The van der Waals surface area contributed by atoms with E-state index in [1.807, 2.05) is 12.1 Å². The Hall–Kier alpha value is -2.18. The molecule has 26 heavy (non-hydrogen) atoms. The molecule has 0 bridgehead atoms. The summed E-state index contributed by atoms with van der Waals surface area (Å²) in [5.74, 6) is 1.83. The van der Waals surface area contributed by atoms with Crippen LogP contribution in [0.5, 0.6) is 11.5 Å². The molecule has 0 saturated carbocycles. The zero-order chi connectivity index (χ0) is 18.4. The van der Waals surface area contributed by atoms with E-state index in [0.717, 1.165) is 17.7 Å². The standard InChI is InChI=1S/C19H22ClNO5/c1-23-9-5-21(13-15-4-2-6-24-15)18(22)12-14-10-16(20)19-17(11-14)25-7-3-8-26-19/h2,4,6,10-11H,3,5,7-9,12-13H2,1H3. The summed E-state index contributed by atoms with van der Waals surface area (Å²) in [7, 11) is 1.61. The lowest BCUT2D eigenvalue weighted by atomic mass is 10.1. The van der Waals surface area contributed by atoms with Crippen molar-refractivity contribution < 1.29 is 23.4 Å². The number of carbonyl (C=O) groups excluding carboxylic acids is 1. The highest BCUT2D eigenvalue weighted by atomic mass is 35.5. The highest BCUT2D eigenvalue weighted by Gasteiger charge is 2.20. The van der Waals surface area contributed by atoms with Gasteiger partial charge < -0.3 is 23.5 Å². The number of rotatable bonds is 7. The summed E-state index contributed by atoms with van der Waals surface area (Å²) >= 11 is 6.32. The van der Waals surface area contributed by atoms with E-state index < -0.39 is 0 Å². The van der Waals surface area contributed by atoms with E-state index >= 15 is 0 Å². The molecule has 140 valence electrons. The third-order valence-electron chi connectivity index (χ3n) is 4.06. The van der Waals surface area contributed by atoms with Crippen LogP contribution < -0.4 is 9.47 Å². The number of amides is 1. The van der Waals surface area contributed by atoms with Gasteiger partial charge in [-0.25, -0.2) is 0 Å². The molecule has 0 N–H and O–H groups in total. The summed E-state index contributed by atoms with van der Waals surface area (Å²) in [6.45, 7) is 2.47. The largest absolute Gasteiger partial charge is 0.489 e. The molecule has 0 fully saturated rings. The molecule has 2 heterocycles. The lowest BCUT2D eigenvalue weighted by Gasteiger charge is -2.22. The molecule has 0 atom stereocenters. The van der Waals surface area contributed by atoms with Crippen molar-refractivity contribution in [3.63, 3.8) is 0 Å². The van der Waals surface area contributed by atoms with Gasteiger partial charge in [0.15, 0.2) is 11.5 Å². The average molecular weight is 380 g/mol. The number of nitrogens with zero attached hydrogens (tertiary/aromatic N) is 1. The SMILES string of the molecule is COCCN(Cc1ccco1)C(=O)Cc1cc(Cl)c2c(c1)OCCCO2. The van der Waals surface area contributed by atoms with Crippen LogP contribution in [0.25, 0.3) is 0 Å². The van der Waals surface area contributed by atoms with Crippen molar-refractivity contribution >= 4 is 17.5 Å². The van der Waals surface area contributed by atoms with Gasteiger partial charge in [0, 0.05) is 20.1 Å². The Kier molecular flexibility index (Phi) is 6.41. The van der Waals surface area contributed by atoms with Crippen LogP contribution in [0, 0.1) is 0 Å². The number of carbonyl (C=O) groups is 1. The Morgan fingerprint density at radius 1 is 1.31 bits per heavy atom. The fourth-order valence-corrected chi connectivity index (χ4v) is 3.04. The first-order valence-electron chi connectivity index (χ1n) is 8.54. The van der Waals surface area contributed by atoms with Crippen LogP contribution >= 0.6 is 11.6 Å². The molecule has 0 unspecified atom stereocenters. The third-order valence-corrected chi connectivity index (χ3v) is 4.34. The van der Waals surface area contributed by atoms with E-state index in [9.17, 15) is 4.79 Å². The van der Waals surface area contributed by atoms with Gasteiger partial charge in [-0.1, -0.05) is 11.6 Å². The normalized spacial score (nSPS) is 13.3. The Balaban J connectivity index is 1.73. The number of furan rings is 1. The number of hydrogen-bond acceptors (Lipinski definition) is 5. The van der Waals surface area contributed by atoms with E-state index in [2.05, 4.69) is 0 Å². The van der Waals surface area contributed by atoms with Crippen molar-refractivity contribution in [3.8, 4) is 11.5 Å². The molecule has 0 radical (unpaired) electrons. The first-order chi connectivity index (χ1) is 12.7. The molecule has 0 spiro atoms. The summed E-state index contributed by atoms with van der Waals surface area (Å²) in [6, 6.07) is 7.23. The Morgan fingerprint density at radius 3 is 2.92 bits per heavy atom. The zero-order valence-electron chi connectivity index (χ0n) is 14.7. The summed E-state index contributed by atoms with van der Waals surface area (Å²) in [5, 5.41) is 0.460. The van der Waals surface area contributed by atoms with Gasteiger partial charge in [-0.3, -0.25) is 4.79 Å². The Morgan fingerprint density at radius 2 is 2.15 bits per heavy atom. The van der Waals surface area contributed by atoms with E-state index in [0.29, 0.717) is 49.4 Å². The van der Waals surface area contributed by atoms with Crippen LogP contribution in [0.15, 0.2) is 34.9 Å². The minimum atomic E-state index is -0.0380. The minimum absolute atomic E-state index is 0.0380. The molecule has 0 saturated heterocycles. The molecule has 1 aromatic carbocycles. The molecule has 7 heteroatoms. The average Bonchev–Trinajstić information content (AvgIpc) is 3.01. The molecule has 3 rings (SSSR count). The summed E-state index contributed by atoms with van der Waals surface area (Å²) < 4.78 is 21.8. The van der Waals surface area contributed by atoms with Gasteiger partial charge in [-0.2, -0.15) is 0 Å². The monoisotopic (exact) mass is 379 g/mol. The fraction of sp³-hybridized carbons (Fsp3) is 0.421. The van der Waals surface area contributed by atoms with Crippen LogP contribution in [0.4, 0.5) is 0 Å². The van der Waals surface area contributed by atoms with Gasteiger partial charge in [0.1, 0.15) is 5.76 Å². The van der Waals surface area contributed by atoms with Gasteiger partial charge in [-0.15, -0.1) is 0 Å². The van der Waals surface area contributed by atoms with Gasteiger partial charge in [0.05, 0.1) is 44.1 Å². The van der Waals surface area contributed by atoms with Crippen molar-refractivity contribution in [3.05, 3.63) is 46.9 Å². The van der Waals surface area contributed by atoms with E-state index in [-0.39, 0.29) is 12.3 Å². The predicted molar refractivity (Wildman–Crippen MR) is 96.8 cm³/mol. The van der Waals surface area contributed by atoms with Gasteiger partial charge >= 0.3 is 0 Å². The summed E-state index contributed by atoms with van der Waals surface area (Å²) in [5.41, 5.74) is 0.783. The van der Waals surface area contributed by atoms with Crippen LogP contribution in [0.1, 0.15) is 17.7 Å². The highest BCUT2D eigenvalue weighted by molar-refractivity contribution is 6.32. The van der Waals surface area contributed by atoms with E-state index in [1.165, 1.54) is 0 Å². The molecule has 1 aliphatic rings. The maximum absolute atomic E-state index is 12.8. The number of ether oxygens (including phenoxy) is 3. The van der Waals surface area contributed by atoms with Crippen LogP contribution in [0.2, 0.25) is 5.02 Å². The van der Waals surface area contributed by atoms with Gasteiger partial charge in [0.25, 0.3) is 0 Å². The molecule has 0 aliphatic carbocycles. The molecule has 6 nitrogen and oxygen atoms in total. The quantitative estimate of drug-likeness (QED) is 0.738. The first-order valence-corrected chi connectivity index (χ1v) is 8.92. The van der Waals surface area contributed by atoms with Crippen molar-refractivity contribution in [1.82, 2.24) is 4.90 Å². The van der Waals surface area contributed by atoms with Gasteiger partial charge in [-0.05, 0) is 29.8 Å². The molecule has 2 aromatic rings. The second-order valence-corrected chi connectivity index (χ2v) is 6.43. The van der Waals surface area contributed by atoms with Crippen LogP contribution in [-0.2, 0) is 22.5 Å². The van der Waals surface area contributed by atoms with Crippen LogP contribution in [-0.4, -0.2) is 44.3 Å². The number of halogens is 1. The summed E-state index contributed by atoms with van der Waals surface area (Å²) in [6.07, 6.45) is 2.60. The van der Waals surface area contributed by atoms with E-state index in [4.69, 9.17) is 30.2 Å².